The highest BCUT2D eigenvalue weighted by atomic mass is 16.5. The molecule has 0 bridgehead atoms. The van der Waals surface area contributed by atoms with Gasteiger partial charge >= 0.3 is 5.97 Å². The molecule has 0 aliphatic carbocycles. The Kier molecular flexibility index (Phi) is 5.35. The lowest BCUT2D eigenvalue weighted by Gasteiger charge is -2.14. The molecule has 0 spiro atoms. The summed E-state index contributed by atoms with van der Waals surface area (Å²) in [5, 5.41) is 7.40. The standard InChI is InChI=1S/C19H22N6O2/c1-5-27-18(26)16-11-20-19(25-12-13(2)10-21-25)23-17(16)22-14-6-8-15(9-7-14)24(3)4/h6-12H,5H2,1-4H3,(H,20,22,23). The molecule has 0 aliphatic rings. The highest BCUT2D eigenvalue weighted by molar-refractivity contribution is 5.95. The first-order valence-corrected chi connectivity index (χ1v) is 8.58. The van der Waals surface area contributed by atoms with Crippen LogP contribution in [0.25, 0.3) is 5.95 Å². The van der Waals surface area contributed by atoms with E-state index in [1.165, 1.54) is 6.20 Å². The number of nitrogens with one attached hydrogen (secondary N) is 1. The molecule has 1 N–H and O–H groups in total. The maximum absolute atomic E-state index is 12.3. The van der Waals surface area contributed by atoms with Crippen molar-refractivity contribution in [1.82, 2.24) is 19.7 Å². The molecule has 8 nitrogen and oxygen atoms in total. The normalized spacial score (nSPS) is 10.5. The lowest BCUT2D eigenvalue weighted by atomic mass is 10.2. The number of carbonyl (C=O) groups excluding carboxylic acids is 1. The molecule has 0 saturated heterocycles. The first-order chi connectivity index (χ1) is 13.0. The van der Waals surface area contributed by atoms with Crippen molar-refractivity contribution in [2.45, 2.75) is 13.8 Å². The Bertz CT molecular complexity index is 934. The first-order valence-electron chi connectivity index (χ1n) is 8.58. The summed E-state index contributed by atoms with van der Waals surface area (Å²) in [6, 6.07) is 7.80. The molecule has 0 atom stereocenters. The number of nitrogens with zero attached hydrogens (tertiary/aromatic N) is 5. The van der Waals surface area contributed by atoms with Crippen LogP contribution in [0.2, 0.25) is 0 Å². The van der Waals surface area contributed by atoms with E-state index in [1.807, 2.05) is 56.4 Å². The van der Waals surface area contributed by atoms with Crippen LogP contribution in [0.3, 0.4) is 0 Å². The van der Waals surface area contributed by atoms with Gasteiger partial charge in [-0.25, -0.2) is 14.5 Å². The van der Waals surface area contributed by atoms with Gasteiger partial charge in [0.15, 0.2) is 5.82 Å². The summed E-state index contributed by atoms with van der Waals surface area (Å²) < 4.78 is 6.68. The highest BCUT2D eigenvalue weighted by Gasteiger charge is 2.17. The molecule has 0 amide bonds. The molecule has 27 heavy (non-hydrogen) atoms. The van der Waals surface area contributed by atoms with E-state index in [0.717, 1.165) is 16.9 Å². The van der Waals surface area contributed by atoms with Crippen molar-refractivity contribution in [3.8, 4) is 5.95 Å². The van der Waals surface area contributed by atoms with Crippen LogP contribution >= 0.6 is 0 Å². The Morgan fingerprint density at radius 2 is 1.96 bits per heavy atom. The summed E-state index contributed by atoms with van der Waals surface area (Å²) in [4.78, 5) is 23.0. The Labute approximate surface area is 157 Å². The zero-order chi connectivity index (χ0) is 19.4. The van der Waals surface area contributed by atoms with Crippen molar-refractivity contribution in [3.05, 3.63) is 54.0 Å². The summed E-state index contributed by atoms with van der Waals surface area (Å²) >= 11 is 0. The maximum Gasteiger partial charge on any atom is 0.343 e. The molecule has 140 valence electrons. The van der Waals surface area contributed by atoms with E-state index in [9.17, 15) is 4.79 Å². The monoisotopic (exact) mass is 366 g/mol. The predicted octanol–water partition coefficient (Wildman–Crippen LogP) is 2.96. The fourth-order valence-electron chi connectivity index (χ4n) is 2.44. The van der Waals surface area contributed by atoms with Gasteiger partial charge in [-0.2, -0.15) is 10.1 Å². The fraction of sp³-hybridized carbons (Fsp3) is 0.263. The molecular formula is C19H22N6O2. The molecular weight excluding hydrogens is 344 g/mol. The van der Waals surface area contributed by atoms with E-state index >= 15 is 0 Å². The zero-order valence-corrected chi connectivity index (χ0v) is 15.8. The average Bonchev–Trinajstić information content (AvgIpc) is 3.09. The Morgan fingerprint density at radius 1 is 1.22 bits per heavy atom. The minimum absolute atomic E-state index is 0.265. The molecule has 0 radical (unpaired) electrons. The number of esters is 1. The minimum atomic E-state index is -0.479. The van der Waals surface area contributed by atoms with Crippen molar-refractivity contribution < 1.29 is 9.53 Å². The maximum atomic E-state index is 12.3. The Hall–Kier alpha value is -3.42. The lowest BCUT2D eigenvalue weighted by molar-refractivity contribution is 0.0526. The van der Waals surface area contributed by atoms with Gasteiger partial charge in [0.25, 0.3) is 5.95 Å². The summed E-state index contributed by atoms with van der Waals surface area (Å²) in [5.74, 6) is 0.251. The molecule has 2 heterocycles. The van der Waals surface area contributed by atoms with Crippen LogP contribution in [-0.2, 0) is 4.74 Å². The van der Waals surface area contributed by atoms with Crippen LogP contribution in [0.5, 0.6) is 0 Å². The smallest absolute Gasteiger partial charge is 0.343 e. The van der Waals surface area contributed by atoms with Crippen molar-refractivity contribution >= 4 is 23.2 Å². The summed E-state index contributed by atoms with van der Waals surface area (Å²) in [6.07, 6.45) is 4.98. The second kappa shape index (κ2) is 7.86. The number of rotatable bonds is 6. The van der Waals surface area contributed by atoms with E-state index in [-0.39, 0.29) is 12.2 Å². The van der Waals surface area contributed by atoms with Gasteiger partial charge in [-0.1, -0.05) is 0 Å². The molecule has 0 fully saturated rings. The van der Waals surface area contributed by atoms with Crippen LogP contribution in [-0.4, -0.2) is 46.4 Å². The van der Waals surface area contributed by atoms with E-state index in [4.69, 9.17) is 4.74 Å². The molecule has 3 aromatic rings. The van der Waals surface area contributed by atoms with Gasteiger partial charge in [0, 0.05) is 37.9 Å². The third kappa shape index (κ3) is 4.22. The number of anilines is 3. The van der Waals surface area contributed by atoms with Crippen molar-refractivity contribution in [2.24, 2.45) is 0 Å². The number of carbonyl (C=O) groups is 1. The number of ether oxygens (including phenoxy) is 1. The van der Waals surface area contributed by atoms with Gasteiger partial charge in [-0.15, -0.1) is 0 Å². The second-order valence-corrected chi connectivity index (χ2v) is 6.18. The van der Waals surface area contributed by atoms with E-state index in [2.05, 4.69) is 20.4 Å². The Morgan fingerprint density at radius 3 is 2.56 bits per heavy atom. The molecule has 0 aliphatic heterocycles. The predicted molar refractivity (Wildman–Crippen MR) is 104 cm³/mol. The van der Waals surface area contributed by atoms with E-state index in [0.29, 0.717) is 11.8 Å². The van der Waals surface area contributed by atoms with Crippen LogP contribution in [0.4, 0.5) is 17.2 Å². The largest absolute Gasteiger partial charge is 0.462 e. The number of aryl methyl sites for hydroxylation is 1. The van der Waals surface area contributed by atoms with Gasteiger partial charge < -0.3 is 15.0 Å². The topological polar surface area (TPSA) is 85.2 Å². The number of hydrogen-bond donors (Lipinski definition) is 1. The van der Waals surface area contributed by atoms with Crippen LogP contribution in [0.15, 0.2) is 42.9 Å². The number of aromatic nitrogens is 4. The van der Waals surface area contributed by atoms with E-state index in [1.54, 1.807) is 17.8 Å². The highest BCUT2D eigenvalue weighted by Crippen LogP contribution is 2.22. The lowest BCUT2D eigenvalue weighted by Crippen LogP contribution is -2.13. The molecule has 0 unspecified atom stereocenters. The molecule has 2 aromatic heterocycles. The van der Waals surface area contributed by atoms with Crippen molar-refractivity contribution in [2.75, 3.05) is 30.9 Å². The SMILES string of the molecule is CCOC(=O)c1cnc(-n2cc(C)cn2)nc1Nc1ccc(N(C)C)cc1. The Balaban J connectivity index is 1.97. The van der Waals surface area contributed by atoms with Gasteiger partial charge in [0.2, 0.25) is 0 Å². The zero-order valence-electron chi connectivity index (χ0n) is 15.8. The van der Waals surface area contributed by atoms with Crippen LogP contribution in [0.1, 0.15) is 22.8 Å². The second-order valence-electron chi connectivity index (χ2n) is 6.18. The van der Waals surface area contributed by atoms with Crippen molar-refractivity contribution in [3.63, 3.8) is 0 Å². The third-order valence-corrected chi connectivity index (χ3v) is 3.83. The molecule has 8 heteroatoms. The van der Waals surface area contributed by atoms with Crippen LogP contribution in [0, 0.1) is 6.92 Å². The van der Waals surface area contributed by atoms with Crippen molar-refractivity contribution in [1.29, 1.82) is 0 Å². The summed E-state index contributed by atoms with van der Waals surface area (Å²) in [6.45, 7) is 3.96. The third-order valence-electron chi connectivity index (χ3n) is 3.83. The van der Waals surface area contributed by atoms with E-state index < -0.39 is 5.97 Å². The summed E-state index contributed by atoms with van der Waals surface area (Å²) in [5.41, 5.74) is 3.12. The number of benzene rings is 1. The van der Waals surface area contributed by atoms with Crippen LogP contribution < -0.4 is 10.2 Å². The number of hydrogen-bond acceptors (Lipinski definition) is 7. The molecule has 0 saturated carbocycles. The summed E-state index contributed by atoms with van der Waals surface area (Å²) in [7, 11) is 3.95. The van der Waals surface area contributed by atoms with Gasteiger partial charge in [0.1, 0.15) is 5.56 Å². The molecule has 1 aromatic carbocycles. The van der Waals surface area contributed by atoms with Gasteiger partial charge in [-0.3, -0.25) is 0 Å². The minimum Gasteiger partial charge on any atom is -0.462 e. The van der Waals surface area contributed by atoms with Gasteiger partial charge in [-0.05, 0) is 43.7 Å². The fourth-order valence-corrected chi connectivity index (χ4v) is 2.44. The quantitative estimate of drug-likeness (QED) is 0.671. The first kappa shape index (κ1) is 18.4. The average molecular weight is 366 g/mol. The molecule has 3 rings (SSSR count). The van der Waals surface area contributed by atoms with Gasteiger partial charge in [0.05, 0.1) is 12.8 Å².